The van der Waals surface area contributed by atoms with Gasteiger partial charge < -0.3 is 30.7 Å². The monoisotopic (exact) mass is 480 g/mol. The van der Waals surface area contributed by atoms with Crippen LogP contribution in [0.1, 0.15) is 17.5 Å². The highest BCUT2D eigenvalue weighted by atomic mass is 16.6. The van der Waals surface area contributed by atoms with Crippen LogP contribution in [-0.2, 0) is 31.9 Å². The number of nitrogens with one attached hydrogen (secondary N) is 4. The molecule has 4 amide bonds. The largest absolute Gasteiger partial charge is 0.450 e. The van der Waals surface area contributed by atoms with E-state index in [0.717, 1.165) is 28.7 Å². The first kappa shape index (κ1) is 24.1. The van der Waals surface area contributed by atoms with Gasteiger partial charge in [0.05, 0.1) is 13.2 Å². The molecule has 0 spiro atoms. The van der Waals surface area contributed by atoms with E-state index in [2.05, 4.69) is 33.4 Å². The minimum Gasteiger partial charge on any atom is -0.450 e. The van der Waals surface area contributed by atoms with Gasteiger partial charge in [0.2, 0.25) is 11.8 Å². The van der Waals surface area contributed by atoms with Crippen LogP contribution in [0.15, 0.2) is 48.5 Å². The highest BCUT2D eigenvalue weighted by Gasteiger charge is 2.30. The number of rotatable bonds is 10. The third-order valence-electron chi connectivity index (χ3n) is 5.83. The molecule has 2 saturated heterocycles. The van der Waals surface area contributed by atoms with Crippen LogP contribution in [0, 0.1) is 0 Å². The van der Waals surface area contributed by atoms with Crippen molar-refractivity contribution in [1.82, 2.24) is 21.3 Å². The molecule has 2 fully saturated rings. The molecule has 2 aromatic carbocycles. The Morgan fingerprint density at radius 3 is 1.77 bits per heavy atom. The summed E-state index contributed by atoms with van der Waals surface area (Å²) in [5.41, 5.74) is 4.26. The fraction of sp³-hybridized carbons (Fsp3) is 0.360. The quantitative estimate of drug-likeness (QED) is 0.299. The summed E-state index contributed by atoms with van der Waals surface area (Å²) < 4.78 is 10.3. The molecule has 0 aliphatic carbocycles. The number of amides is 4. The topological polar surface area (TPSA) is 135 Å². The maximum atomic E-state index is 11.8. The normalized spacial score (nSPS) is 18.3. The molecule has 2 atom stereocenters. The first-order valence-corrected chi connectivity index (χ1v) is 11.6. The van der Waals surface area contributed by atoms with Crippen LogP contribution in [0.3, 0.4) is 0 Å². The number of alkyl carbamates (subject to hydrolysis) is 2. The molecule has 35 heavy (non-hydrogen) atoms. The summed E-state index contributed by atoms with van der Waals surface area (Å²) in [5.74, 6) is -0.394. The third kappa shape index (κ3) is 6.72. The predicted molar refractivity (Wildman–Crippen MR) is 126 cm³/mol. The van der Waals surface area contributed by atoms with Crippen molar-refractivity contribution in [2.75, 3.05) is 26.3 Å². The lowest BCUT2D eigenvalue weighted by Crippen LogP contribution is -2.61. The summed E-state index contributed by atoms with van der Waals surface area (Å²) in [7, 11) is 0. The Kier molecular flexibility index (Phi) is 7.81. The molecular formula is C25H28N4O6. The highest BCUT2D eigenvalue weighted by molar-refractivity contribution is 5.91. The Labute approximate surface area is 202 Å². The van der Waals surface area contributed by atoms with Crippen LogP contribution in [0.4, 0.5) is 9.59 Å². The fourth-order valence-electron chi connectivity index (χ4n) is 3.69. The van der Waals surface area contributed by atoms with Gasteiger partial charge in [-0.15, -0.1) is 0 Å². The zero-order valence-electron chi connectivity index (χ0n) is 19.2. The molecular weight excluding hydrogens is 452 g/mol. The van der Waals surface area contributed by atoms with E-state index in [0.29, 0.717) is 25.9 Å². The standard InChI is InChI=1S/C25H28N4O6/c30-22-20(14-26-22)28-24(32)34-10-3-6-16-4-1-7-18(12-16)19-8-2-5-17(13-19)9-11-35-25(33)29-21-15-27-23(21)31/h1-2,4-5,7-8,12-13,20-21H,3,6,9-11,14-15H2,(H,26,30)(H,27,31)(H,28,32)(H,29,33)/t20-,21-/m0/s1. The Morgan fingerprint density at radius 2 is 1.29 bits per heavy atom. The van der Waals surface area contributed by atoms with Crippen molar-refractivity contribution in [3.63, 3.8) is 0 Å². The van der Waals surface area contributed by atoms with Crippen molar-refractivity contribution in [1.29, 1.82) is 0 Å². The molecule has 4 rings (SSSR count). The zero-order valence-corrected chi connectivity index (χ0v) is 19.2. The van der Waals surface area contributed by atoms with Crippen LogP contribution < -0.4 is 21.3 Å². The van der Waals surface area contributed by atoms with E-state index >= 15 is 0 Å². The van der Waals surface area contributed by atoms with E-state index in [4.69, 9.17) is 9.47 Å². The van der Waals surface area contributed by atoms with Crippen molar-refractivity contribution in [3.8, 4) is 11.1 Å². The second-order valence-electron chi connectivity index (χ2n) is 8.41. The Bertz CT molecular complexity index is 1100. The number of carbonyl (C=O) groups is 4. The van der Waals surface area contributed by atoms with Gasteiger partial charge in [0.25, 0.3) is 0 Å². The zero-order chi connectivity index (χ0) is 24.6. The van der Waals surface area contributed by atoms with Crippen molar-refractivity contribution < 1.29 is 28.7 Å². The second kappa shape index (κ2) is 11.4. The third-order valence-corrected chi connectivity index (χ3v) is 5.83. The van der Waals surface area contributed by atoms with Gasteiger partial charge >= 0.3 is 12.2 Å². The summed E-state index contributed by atoms with van der Waals surface area (Å²) in [6.45, 7) is 1.34. The Hall–Kier alpha value is -4.08. The van der Waals surface area contributed by atoms with Gasteiger partial charge in [-0.05, 0) is 35.1 Å². The van der Waals surface area contributed by atoms with Crippen molar-refractivity contribution in [2.24, 2.45) is 0 Å². The van der Waals surface area contributed by atoms with Gasteiger partial charge in [-0.3, -0.25) is 9.59 Å². The Balaban J connectivity index is 1.21. The van der Waals surface area contributed by atoms with Gasteiger partial charge in [0.15, 0.2) is 0 Å². The summed E-state index contributed by atoms with van der Waals surface area (Å²) in [6.07, 6.45) is 0.788. The van der Waals surface area contributed by atoms with E-state index in [9.17, 15) is 19.2 Å². The van der Waals surface area contributed by atoms with Crippen molar-refractivity contribution in [2.45, 2.75) is 31.3 Å². The lowest BCUT2D eigenvalue weighted by atomic mass is 9.99. The highest BCUT2D eigenvalue weighted by Crippen LogP contribution is 2.22. The first-order valence-electron chi connectivity index (χ1n) is 11.6. The Morgan fingerprint density at radius 1 is 0.771 bits per heavy atom. The van der Waals surface area contributed by atoms with E-state index in [1.165, 1.54) is 0 Å². The molecule has 10 nitrogen and oxygen atoms in total. The molecule has 184 valence electrons. The molecule has 2 aliphatic heterocycles. The molecule has 2 heterocycles. The van der Waals surface area contributed by atoms with Crippen LogP contribution in [0.5, 0.6) is 0 Å². The molecule has 0 unspecified atom stereocenters. The second-order valence-corrected chi connectivity index (χ2v) is 8.41. The lowest BCUT2D eigenvalue weighted by Gasteiger charge is -2.26. The van der Waals surface area contributed by atoms with Crippen LogP contribution >= 0.6 is 0 Å². The van der Waals surface area contributed by atoms with Crippen LogP contribution in [0.25, 0.3) is 11.1 Å². The molecule has 10 heteroatoms. The van der Waals surface area contributed by atoms with Gasteiger partial charge in [-0.2, -0.15) is 0 Å². The smallest absolute Gasteiger partial charge is 0.407 e. The summed E-state index contributed by atoms with van der Waals surface area (Å²) >= 11 is 0. The molecule has 2 aromatic rings. The van der Waals surface area contributed by atoms with Gasteiger partial charge in [-0.1, -0.05) is 48.5 Å². The summed E-state index contributed by atoms with van der Waals surface area (Å²) in [4.78, 5) is 45.8. The number of ether oxygens (including phenoxy) is 2. The van der Waals surface area contributed by atoms with E-state index in [1.807, 2.05) is 36.4 Å². The van der Waals surface area contributed by atoms with Gasteiger partial charge in [0.1, 0.15) is 12.1 Å². The lowest BCUT2D eigenvalue weighted by molar-refractivity contribution is -0.128. The summed E-state index contributed by atoms with van der Waals surface area (Å²) in [6, 6.07) is 15.2. The summed E-state index contributed by atoms with van der Waals surface area (Å²) in [5, 5.41) is 10.1. The molecule has 0 bridgehead atoms. The number of hydrogen-bond acceptors (Lipinski definition) is 6. The molecule has 4 N–H and O–H groups in total. The number of benzene rings is 2. The maximum Gasteiger partial charge on any atom is 0.407 e. The number of aryl methyl sites for hydroxylation is 1. The SMILES string of the molecule is O=C(N[C@H]1CNC1=O)OCCCc1cccc(-c2cccc(CCOC(=O)N[C@H]3CNC3=O)c2)c1. The van der Waals surface area contributed by atoms with Gasteiger partial charge in [-0.25, -0.2) is 9.59 Å². The average Bonchev–Trinajstić information content (AvgIpc) is 2.87. The van der Waals surface area contributed by atoms with Crippen molar-refractivity contribution >= 4 is 24.0 Å². The molecule has 0 saturated carbocycles. The van der Waals surface area contributed by atoms with Crippen LogP contribution in [-0.4, -0.2) is 62.4 Å². The molecule has 2 aliphatic rings. The van der Waals surface area contributed by atoms with Crippen molar-refractivity contribution in [3.05, 3.63) is 59.7 Å². The number of hydrogen-bond donors (Lipinski definition) is 4. The number of β-lactam (4-membered cyclic amide) rings is 2. The minimum atomic E-state index is -0.594. The predicted octanol–water partition coefficient (Wildman–Crippen LogP) is 1.28. The van der Waals surface area contributed by atoms with E-state index in [1.54, 1.807) is 0 Å². The van der Waals surface area contributed by atoms with E-state index < -0.39 is 24.3 Å². The molecule has 0 radical (unpaired) electrons. The maximum absolute atomic E-state index is 11.8. The fourth-order valence-corrected chi connectivity index (χ4v) is 3.69. The van der Waals surface area contributed by atoms with E-state index in [-0.39, 0.29) is 25.0 Å². The average molecular weight is 481 g/mol. The minimum absolute atomic E-state index is 0.194. The molecule has 0 aromatic heterocycles. The first-order chi connectivity index (χ1) is 17.0. The van der Waals surface area contributed by atoms with Crippen LogP contribution in [0.2, 0.25) is 0 Å². The van der Waals surface area contributed by atoms with Gasteiger partial charge in [0, 0.05) is 19.5 Å². The number of carbonyl (C=O) groups excluding carboxylic acids is 4.